The number of rotatable bonds is 5. The van der Waals surface area contributed by atoms with Gasteiger partial charge in [-0.2, -0.15) is 0 Å². The summed E-state index contributed by atoms with van der Waals surface area (Å²) in [5, 5.41) is 9.10. The quantitative estimate of drug-likeness (QED) is 0.919. The fraction of sp³-hybridized carbons (Fsp3) is 0.278. The van der Waals surface area contributed by atoms with Crippen molar-refractivity contribution >= 4 is 5.97 Å². The second kappa shape index (κ2) is 6.62. The lowest BCUT2D eigenvalue weighted by atomic mass is 10.1. The highest BCUT2D eigenvalue weighted by Gasteiger charge is 2.28. The van der Waals surface area contributed by atoms with Gasteiger partial charge < -0.3 is 9.84 Å². The monoisotopic (exact) mass is 297 g/mol. The zero-order chi connectivity index (χ0) is 15.4. The molecule has 2 aromatic rings. The minimum atomic E-state index is -0.698. The molecule has 2 aromatic carbocycles. The highest BCUT2D eigenvalue weighted by atomic mass is 16.5. The molecule has 3 rings (SSSR count). The topological polar surface area (TPSA) is 49.8 Å². The predicted molar refractivity (Wildman–Crippen MR) is 84.0 cm³/mol. The Morgan fingerprint density at radius 3 is 2.59 bits per heavy atom. The molecule has 0 aliphatic carbocycles. The van der Waals surface area contributed by atoms with Crippen LogP contribution in [0.25, 0.3) is 0 Å². The summed E-state index contributed by atoms with van der Waals surface area (Å²) in [7, 11) is 0. The number of aliphatic carboxylic acids is 1. The first-order chi connectivity index (χ1) is 10.7. The van der Waals surface area contributed by atoms with Crippen LogP contribution in [0.2, 0.25) is 0 Å². The average molecular weight is 297 g/mol. The van der Waals surface area contributed by atoms with Gasteiger partial charge in [-0.3, -0.25) is 9.69 Å². The lowest BCUT2D eigenvalue weighted by Crippen LogP contribution is -2.23. The van der Waals surface area contributed by atoms with Crippen molar-refractivity contribution in [1.82, 2.24) is 4.90 Å². The summed E-state index contributed by atoms with van der Waals surface area (Å²) in [4.78, 5) is 13.2. The minimum absolute atomic E-state index is 0.248. The van der Waals surface area contributed by atoms with Crippen LogP contribution in [0.1, 0.15) is 12.0 Å². The number of carbonyl (C=O) groups is 1. The Bertz CT molecular complexity index is 642. The molecule has 1 N–H and O–H groups in total. The number of benzene rings is 2. The average Bonchev–Trinajstić information content (AvgIpc) is 2.99. The van der Waals surface area contributed by atoms with Gasteiger partial charge in [0, 0.05) is 18.7 Å². The Morgan fingerprint density at radius 2 is 1.86 bits per heavy atom. The Hall–Kier alpha value is -2.33. The molecular formula is C18H19NO3. The van der Waals surface area contributed by atoms with Gasteiger partial charge in [-0.1, -0.05) is 36.4 Å². The molecule has 1 aliphatic rings. The summed E-state index contributed by atoms with van der Waals surface area (Å²) in [6.07, 6.45) is 0.719. The summed E-state index contributed by atoms with van der Waals surface area (Å²) in [5.74, 6) is 0.686. The second-order valence-electron chi connectivity index (χ2n) is 5.58. The van der Waals surface area contributed by atoms with Gasteiger partial charge in [0.05, 0.1) is 5.92 Å². The number of nitrogens with zero attached hydrogens (tertiary/aromatic N) is 1. The molecule has 1 unspecified atom stereocenters. The lowest BCUT2D eigenvalue weighted by molar-refractivity contribution is -0.141. The van der Waals surface area contributed by atoms with Gasteiger partial charge in [-0.25, -0.2) is 0 Å². The van der Waals surface area contributed by atoms with Crippen LogP contribution in [0.4, 0.5) is 0 Å². The molecule has 4 nitrogen and oxygen atoms in total. The van der Waals surface area contributed by atoms with E-state index < -0.39 is 5.97 Å². The molecule has 1 saturated heterocycles. The molecule has 1 fully saturated rings. The van der Waals surface area contributed by atoms with Crippen molar-refractivity contribution in [3.8, 4) is 11.5 Å². The van der Waals surface area contributed by atoms with E-state index in [1.165, 1.54) is 0 Å². The van der Waals surface area contributed by atoms with Crippen molar-refractivity contribution in [2.24, 2.45) is 5.92 Å². The molecule has 0 amide bonds. The Labute approximate surface area is 130 Å². The molecule has 0 radical (unpaired) electrons. The van der Waals surface area contributed by atoms with Crippen LogP contribution in [-0.4, -0.2) is 29.1 Å². The van der Waals surface area contributed by atoms with Gasteiger partial charge in [0.2, 0.25) is 0 Å². The molecule has 0 saturated carbocycles. The molecule has 0 spiro atoms. The van der Waals surface area contributed by atoms with Crippen molar-refractivity contribution in [2.75, 3.05) is 13.1 Å². The third-order valence-electron chi connectivity index (χ3n) is 3.96. The lowest BCUT2D eigenvalue weighted by Gasteiger charge is -2.18. The Balaban J connectivity index is 1.71. The predicted octanol–water partition coefficient (Wildman–Crippen LogP) is 3.39. The van der Waals surface area contributed by atoms with Crippen LogP contribution in [0.5, 0.6) is 11.5 Å². The molecular weight excluding hydrogens is 278 g/mol. The van der Waals surface area contributed by atoms with Gasteiger partial charge in [0.15, 0.2) is 0 Å². The first-order valence-corrected chi connectivity index (χ1v) is 7.48. The van der Waals surface area contributed by atoms with Crippen molar-refractivity contribution in [2.45, 2.75) is 13.0 Å². The second-order valence-corrected chi connectivity index (χ2v) is 5.58. The summed E-state index contributed by atoms with van der Waals surface area (Å²) < 4.78 is 5.95. The zero-order valence-electron chi connectivity index (χ0n) is 12.3. The molecule has 114 valence electrons. The number of likely N-dealkylation sites (tertiary alicyclic amines) is 1. The first-order valence-electron chi connectivity index (χ1n) is 7.48. The normalized spacial score (nSPS) is 18.3. The van der Waals surface area contributed by atoms with Crippen LogP contribution < -0.4 is 4.74 Å². The van der Waals surface area contributed by atoms with E-state index in [1.54, 1.807) is 0 Å². The van der Waals surface area contributed by atoms with Crippen molar-refractivity contribution in [1.29, 1.82) is 0 Å². The first kappa shape index (κ1) is 14.6. The maximum atomic E-state index is 11.1. The van der Waals surface area contributed by atoms with Gasteiger partial charge in [-0.05, 0) is 31.2 Å². The van der Waals surface area contributed by atoms with Crippen LogP contribution in [0.15, 0.2) is 54.6 Å². The number of para-hydroxylation sites is 2. The van der Waals surface area contributed by atoms with Gasteiger partial charge in [-0.15, -0.1) is 0 Å². The molecule has 0 bridgehead atoms. The van der Waals surface area contributed by atoms with E-state index in [0.29, 0.717) is 13.1 Å². The standard InChI is InChI=1S/C18H19NO3/c20-18(21)15-10-11-19(13-15)12-14-6-4-5-9-17(14)22-16-7-2-1-3-8-16/h1-9,15H,10-13H2,(H,20,21). The smallest absolute Gasteiger partial charge is 0.307 e. The summed E-state index contributed by atoms with van der Waals surface area (Å²) in [6.45, 7) is 2.14. The van der Waals surface area contributed by atoms with Crippen molar-refractivity contribution < 1.29 is 14.6 Å². The van der Waals surface area contributed by atoms with E-state index in [4.69, 9.17) is 9.84 Å². The number of carboxylic acids is 1. The molecule has 1 heterocycles. The van der Waals surface area contributed by atoms with E-state index in [1.807, 2.05) is 54.6 Å². The van der Waals surface area contributed by atoms with E-state index in [0.717, 1.165) is 30.0 Å². The minimum Gasteiger partial charge on any atom is -0.481 e. The maximum Gasteiger partial charge on any atom is 0.307 e. The van der Waals surface area contributed by atoms with Gasteiger partial charge >= 0.3 is 5.97 Å². The number of ether oxygens (including phenoxy) is 1. The molecule has 1 aliphatic heterocycles. The van der Waals surface area contributed by atoms with Gasteiger partial charge in [0.1, 0.15) is 11.5 Å². The number of carboxylic acid groups (broad SMARTS) is 1. The van der Waals surface area contributed by atoms with Crippen LogP contribution in [0.3, 0.4) is 0 Å². The fourth-order valence-corrected chi connectivity index (χ4v) is 2.77. The Morgan fingerprint density at radius 1 is 1.14 bits per heavy atom. The molecule has 0 aromatic heterocycles. The number of hydrogen-bond donors (Lipinski definition) is 1. The zero-order valence-corrected chi connectivity index (χ0v) is 12.3. The highest BCUT2D eigenvalue weighted by molar-refractivity contribution is 5.70. The van der Waals surface area contributed by atoms with E-state index in [-0.39, 0.29) is 5.92 Å². The maximum absolute atomic E-state index is 11.1. The fourth-order valence-electron chi connectivity index (χ4n) is 2.77. The van der Waals surface area contributed by atoms with E-state index >= 15 is 0 Å². The summed E-state index contributed by atoms with van der Waals surface area (Å²) in [5.41, 5.74) is 1.08. The third kappa shape index (κ3) is 3.46. The SMILES string of the molecule is O=C(O)C1CCN(Cc2ccccc2Oc2ccccc2)C1. The molecule has 4 heteroatoms. The van der Waals surface area contributed by atoms with Crippen LogP contribution in [-0.2, 0) is 11.3 Å². The molecule has 1 atom stereocenters. The summed E-state index contributed by atoms with van der Waals surface area (Å²) in [6, 6.07) is 17.6. The van der Waals surface area contributed by atoms with E-state index in [9.17, 15) is 4.79 Å². The largest absolute Gasteiger partial charge is 0.481 e. The van der Waals surface area contributed by atoms with Crippen molar-refractivity contribution in [3.63, 3.8) is 0 Å². The van der Waals surface area contributed by atoms with Crippen LogP contribution in [0, 0.1) is 5.92 Å². The summed E-state index contributed by atoms with van der Waals surface area (Å²) >= 11 is 0. The van der Waals surface area contributed by atoms with Crippen LogP contribution >= 0.6 is 0 Å². The van der Waals surface area contributed by atoms with E-state index in [2.05, 4.69) is 4.90 Å². The molecule has 22 heavy (non-hydrogen) atoms. The van der Waals surface area contributed by atoms with Gasteiger partial charge in [0.25, 0.3) is 0 Å². The third-order valence-corrected chi connectivity index (χ3v) is 3.96. The Kier molecular flexibility index (Phi) is 4.39. The number of hydrogen-bond acceptors (Lipinski definition) is 3. The highest BCUT2D eigenvalue weighted by Crippen LogP contribution is 2.27. The van der Waals surface area contributed by atoms with Crippen molar-refractivity contribution in [3.05, 3.63) is 60.2 Å².